The van der Waals surface area contributed by atoms with Crippen LogP contribution in [0, 0.1) is 0 Å². The molecule has 1 aliphatic heterocycles. The van der Waals surface area contributed by atoms with E-state index in [-0.39, 0.29) is 0 Å². The Bertz CT molecular complexity index is 225. The van der Waals surface area contributed by atoms with E-state index in [1.54, 1.807) is 0 Å². The Labute approximate surface area is 127 Å². The highest BCUT2D eigenvalue weighted by molar-refractivity contribution is 4.86. The molecule has 1 aliphatic rings. The molecule has 1 heterocycles. The molecule has 0 saturated carbocycles. The van der Waals surface area contributed by atoms with E-state index in [1.165, 1.54) is 90.0 Å². The average molecular weight is 280 g/mol. The van der Waals surface area contributed by atoms with E-state index in [0.717, 1.165) is 6.67 Å². The maximum absolute atomic E-state index is 3.21. The lowest BCUT2D eigenvalue weighted by Crippen LogP contribution is -2.21. The van der Waals surface area contributed by atoms with Crippen molar-refractivity contribution in [2.45, 2.75) is 90.4 Å². The fourth-order valence-electron chi connectivity index (χ4n) is 2.87. The second-order valence-electron chi connectivity index (χ2n) is 6.23. The standard InChI is InChI=1S/C18H36N2/c1-2-3-4-5-6-7-8-9-10-11-12-13-14-16-20-17-15-19-18-20/h15,17,19H,2-14,16,18H2,1H3. The molecule has 2 nitrogen and oxygen atoms in total. The summed E-state index contributed by atoms with van der Waals surface area (Å²) in [6, 6.07) is 0. The molecule has 0 saturated heterocycles. The van der Waals surface area contributed by atoms with Gasteiger partial charge in [0.15, 0.2) is 0 Å². The van der Waals surface area contributed by atoms with Crippen LogP contribution in [0.5, 0.6) is 0 Å². The molecule has 0 radical (unpaired) electrons. The fourth-order valence-corrected chi connectivity index (χ4v) is 2.87. The third-order valence-electron chi connectivity index (χ3n) is 4.25. The van der Waals surface area contributed by atoms with Crippen molar-refractivity contribution >= 4 is 0 Å². The lowest BCUT2D eigenvalue weighted by atomic mass is 10.0. The molecule has 0 aromatic rings. The van der Waals surface area contributed by atoms with Gasteiger partial charge in [0.1, 0.15) is 0 Å². The van der Waals surface area contributed by atoms with Crippen molar-refractivity contribution in [3.8, 4) is 0 Å². The molecule has 118 valence electrons. The van der Waals surface area contributed by atoms with Crippen LogP contribution >= 0.6 is 0 Å². The van der Waals surface area contributed by atoms with E-state index in [2.05, 4.69) is 23.3 Å². The summed E-state index contributed by atoms with van der Waals surface area (Å²) in [6.45, 7) is 4.53. The molecule has 0 amide bonds. The Morgan fingerprint density at radius 1 is 0.750 bits per heavy atom. The predicted octanol–water partition coefficient (Wildman–Crippen LogP) is 5.41. The second kappa shape index (κ2) is 13.3. The monoisotopic (exact) mass is 280 g/mol. The van der Waals surface area contributed by atoms with E-state index in [1.807, 2.05) is 6.20 Å². The molecule has 0 unspecified atom stereocenters. The molecule has 0 fully saturated rings. The molecule has 0 spiro atoms. The minimum atomic E-state index is 1.01. The molecular formula is C18H36N2. The van der Waals surface area contributed by atoms with Gasteiger partial charge < -0.3 is 10.2 Å². The van der Waals surface area contributed by atoms with Crippen molar-refractivity contribution < 1.29 is 0 Å². The van der Waals surface area contributed by atoms with Gasteiger partial charge in [0, 0.05) is 18.9 Å². The van der Waals surface area contributed by atoms with Gasteiger partial charge in [0.05, 0.1) is 6.67 Å². The lowest BCUT2D eigenvalue weighted by molar-refractivity contribution is 0.375. The Hall–Kier alpha value is -0.660. The molecule has 0 bridgehead atoms. The Morgan fingerprint density at radius 3 is 1.70 bits per heavy atom. The minimum Gasteiger partial charge on any atom is -0.373 e. The molecule has 1 N–H and O–H groups in total. The predicted molar refractivity (Wildman–Crippen MR) is 89.5 cm³/mol. The number of rotatable bonds is 14. The normalized spacial score (nSPS) is 13.9. The number of nitrogens with zero attached hydrogens (tertiary/aromatic N) is 1. The maximum atomic E-state index is 3.21. The van der Waals surface area contributed by atoms with Gasteiger partial charge >= 0.3 is 0 Å². The van der Waals surface area contributed by atoms with Gasteiger partial charge in [-0.3, -0.25) is 0 Å². The van der Waals surface area contributed by atoms with Crippen LogP contribution in [0.1, 0.15) is 90.4 Å². The average Bonchev–Trinajstić information content (AvgIpc) is 2.97. The highest BCUT2D eigenvalue weighted by atomic mass is 15.2. The Balaban J connectivity index is 1.67. The zero-order valence-corrected chi connectivity index (χ0v) is 13.7. The number of nitrogens with one attached hydrogen (secondary N) is 1. The van der Waals surface area contributed by atoms with Crippen molar-refractivity contribution in [1.29, 1.82) is 0 Å². The first kappa shape index (κ1) is 17.4. The summed E-state index contributed by atoms with van der Waals surface area (Å²) < 4.78 is 0. The molecule has 20 heavy (non-hydrogen) atoms. The summed E-state index contributed by atoms with van der Waals surface area (Å²) in [7, 11) is 0. The van der Waals surface area contributed by atoms with Gasteiger partial charge in [-0.25, -0.2) is 0 Å². The fraction of sp³-hybridized carbons (Fsp3) is 0.889. The summed E-state index contributed by atoms with van der Waals surface area (Å²) in [5.41, 5.74) is 0. The van der Waals surface area contributed by atoms with Gasteiger partial charge in [-0.1, -0.05) is 84.0 Å². The second-order valence-corrected chi connectivity index (χ2v) is 6.23. The summed E-state index contributed by atoms with van der Waals surface area (Å²) >= 11 is 0. The SMILES string of the molecule is CCCCCCCCCCCCCCCN1C=CNC1. The van der Waals surface area contributed by atoms with Crippen LogP contribution in [0.3, 0.4) is 0 Å². The smallest absolute Gasteiger partial charge is 0.0867 e. The van der Waals surface area contributed by atoms with Crippen LogP contribution in [-0.4, -0.2) is 18.1 Å². The topological polar surface area (TPSA) is 15.3 Å². The van der Waals surface area contributed by atoms with Gasteiger partial charge in [0.25, 0.3) is 0 Å². The quantitative estimate of drug-likeness (QED) is 0.428. The first-order valence-corrected chi connectivity index (χ1v) is 9.07. The van der Waals surface area contributed by atoms with E-state index in [9.17, 15) is 0 Å². The number of hydrogen-bond donors (Lipinski definition) is 1. The maximum Gasteiger partial charge on any atom is 0.0867 e. The third kappa shape index (κ3) is 10.2. The zero-order chi connectivity index (χ0) is 14.3. The molecule has 2 heteroatoms. The first-order valence-electron chi connectivity index (χ1n) is 9.07. The summed E-state index contributed by atoms with van der Waals surface area (Å²) in [4.78, 5) is 2.36. The van der Waals surface area contributed by atoms with Crippen molar-refractivity contribution in [2.24, 2.45) is 0 Å². The molecular weight excluding hydrogens is 244 g/mol. The third-order valence-corrected chi connectivity index (χ3v) is 4.25. The van der Waals surface area contributed by atoms with Gasteiger partial charge in [-0.05, 0) is 6.42 Å². The number of hydrogen-bond acceptors (Lipinski definition) is 2. The highest BCUT2D eigenvalue weighted by Gasteiger charge is 2.01. The van der Waals surface area contributed by atoms with E-state index >= 15 is 0 Å². The number of unbranched alkanes of at least 4 members (excludes halogenated alkanes) is 12. The molecule has 0 aromatic heterocycles. The Morgan fingerprint density at radius 2 is 1.25 bits per heavy atom. The van der Waals surface area contributed by atoms with Crippen molar-refractivity contribution in [1.82, 2.24) is 10.2 Å². The lowest BCUT2D eigenvalue weighted by Gasteiger charge is -2.13. The van der Waals surface area contributed by atoms with Crippen LogP contribution in [0.4, 0.5) is 0 Å². The van der Waals surface area contributed by atoms with Crippen LogP contribution < -0.4 is 5.32 Å². The first-order chi connectivity index (χ1) is 9.93. The van der Waals surface area contributed by atoms with Crippen molar-refractivity contribution in [3.63, 3.8) is 0 Å². The van der Waals surface area contributed by atoms with E-state index in [0.29, 0.717) is 0 Å². The largest absolute Gasteiger partial charge is 0.373 e. The van der Waals surface area contributed by atoms with Crippen LogP contribution in [0.25, 0.3) is 0 Å². The zero-order valence-electron chi connectivity index (χ0n) is 13.7. The molecule has 0 aromatic carbocycles. The molecule has 0 atom stereocenters. The molecule has 0 aliphatic carbocycles. The van der Waals surface area contributed by atoms with Crippen molar-refractivity contribution in [2.75, 3.05) is 13.2 Å². The van der Waals surface area contributed by atoms with Gasteiger partial charge in [-0.2, -0.15) is 0 Å². The highest BCUT2D eigenvalue weighted by Crippen LogP contribution is 2.12. The molecule has 1 rings (SSSR count). The minimum absolute atomic E-state index is 1.01. The van der Waals surface area contributed by atoms with Crippen molar-refractivity contribution in [3.05, 3.63) is 12.4 Å². The van der Waals surface area contributed by atoms with Crippen LogP contribution in [-0.2, 0) is 0 Å². The van der Waals surface area contributed by atoms with E-state index < -0.39 is 0 Å². The summed E-state index contributed by atoms with van der Waals surface area (Å²) in [6.07, 6.45) is 22.9. The van der Waals surface area contributed by atoms with Crippen LogP contribution in [0.15, 0.2) is 12.4 Å². The van der Waals surface area contributed by atoms with Gasteiger partial charge in [0.2, 0.25) is 0 Å². The van der Waals surface area contributed by atoms with E-state index in [4.69, 9.17) is 0 Å². The van der Waals surface area contributed by atoms with Crippen LogP contribution in [0.2, 0.25) is 0 Å². The van der Waals surface area contributed by atoms with Gasteiger partial charge in [-0.15, -0.1) is 0 Å². The summed E-state index contributed by atoms with van der Waals surface area (Å²) in [5, 5.41) is 3.21. The summed E-state index contributed by atoms with van der Waals surface area (Å²) in [5.74, 6) is 0. The Kier molecular flexibility index (Phi) is 11.6.